The lowest BCUT2D eigenvalue weighted by Gasteiger charge is -2.12. The zero-order valence-electron chi connectivity index (χ0n) is 27.2. The van der Waals surface area contributed by atoms with Crippen LogP contribution in [0, 0.1) is 5.92 Å². The molecule has 0 radical (unpaired) electrons. The first-order valence-electron chi connectivity index (χ1n) is 16.0. The molecule has 47 heavy (non-hydrogen) atoms. The molecule has 1 aromatic heterocycles. The van der Waals surface area contributed by atoms with Gasteiger partial charge in [0.05, 0.1) is 68.7 Å². The molecule has 3 aromatic rings. The molecule has 12 heteroatoms. The minimum atomic E-state index is -0.412. The summed E-state index contributed by atoms with van der Waals surface area (Å²) in [7, 11) is 0. The van der Waals surface area contributed by atoms with Crippen LogP contribution in [0.25, 0.3) is 11.0 Å². The molecule has 0 saturated carbocycles. The van der Waals surface area contributed by atoms with Crippen LogP contribution in [0.5, 0.6) is 0 Å². The Morgan fingerprint density at radius 3 is 1.91 bits per heavy atom. The third kappa shape index (κ3) is 14.2. The van der Waals surface area contributed by atoms with Crippen molar-refractivity contribution in [1.29, 1.82) is 0 Å². The van der Waals surface area contributed by atoms with Gasteiger partial charge in [-0.3, -0.25) is 14.4 Å². The summed E-state index contributed by atoms with van der Waals surface area (Å²) in [4.78, 5) is 46.5. The van der Waals surface area contributed by atoms with E-state index in [1.165, 1.54) is 5.56 Å². The Labute approximate surface area is 293 Å². The first kappa shape index (κ1) is 38.8. The van der Waals surface area contributed by atoms with E-state index in [1.807, 2.05) is 30.3 Å². The average molecular weight is 780 g/mol. The largest absolute Gasteiger partial charge is 0.379 e. The maximum absolute atomic E-state index is 12.6. The predicted molar refractivity (Wildman–Crippen MR) is 189 cm³/mol. The quantitative estimate of drug-likeness (QED) is 0.0606. The number of nitrogens with one attached hydrogen (secondary N) is 1. The van der Waals surface area contributed by atoms with Crippen LogP contribution in [-0.2, 0) is 45.6 Å². The molecule has 0 aliphatic heterocycles. The molecule has 10 nitrogen and oxygen atoms in total. The molecular weight excluding hydrogens is 734 g/mol. The number of hydrogen-bond acceptors (Lipinski definition) is 9. The van der Waals surface area contributed by atoms with Crippen LogP contribution >= 0.6 is 31.9 Å². The van der Waals surface area contributed by atoms with E-state index >= 15 is 0 Å². The standard InChI is InChI=1S/C35H45Br2N3O7/c1-3-26-6-9-28(10-7-26)38-35(43)25(2)21-29(41)12-14-45-16-18-47-20-19-46-17-15-44-13-4-5-34(42)27-8-11-30-31(22-27)40-33(24-37)32(23-36)39-30/h6-11,22,25H,3-5,12-21,23-24H2,1-2H3,(H,38,43)/t25-/m1/s1. The van der Waals surface area contributed by atoms with Crippen LogP contribution in [-0.4, -0.2) is 80.3 Å². The Morgan fingerprint density at radius 1 is 0.745 bits per heavy atom. The maximum atomic E-state index is 12.6. The Kier molecular flexibility index (Phi) is 18.3. The Hall–Kier alpha value is -2.61. The number of aryl methyl sites for hydroxylation is 1. The number of fused-ring (bicyclic) bond motifs is 1. The molecule has 256 valence electrons. The van der Waals surface area contributed by atoms with Crippen molar-refractivity contribution in [1.82, 2.24) is 9.97 Å². The number of amides is 1. The lowest BCUT2D eigenvalue weighted by Crippen LogP contribution is -2.23. The highest BCUT2D eigenvalue weighted by Gasteiger charge is 2.17. The van der Waals surface area contributed by atoms with Crippen molar-refractivity contribution in [3.05, 3.63) is 65.0 Å². The number of benzene rings is 2. The van der Waals surface area contributed by atoms with Crippen molar-refractivity contribution in [3.63, 3.8) is 0 Å². The van der Waals surface area contributed by atoms with Gasteiger partial charge in [0.15, 0.2) is 5.78 Å². The molecule has 3 rings (SSSR count). The van der Waals surface area contributed by atoms with Gasteiger partial charge in [0.25, 0.3) is 0 Å². The summed E-state index contributed by atoms with van der Waals surface area (Å²) in [5.74, 6) is -0.537. The number of alkyl halides is 2. The van der Waals surface area contributed by atoms with Gasteiger partial charge in [-0.2, -0.15) is 0 Å². The van der Waals surface area contributed by atoms with Crippen molar-refractivity contribution in [3.8, 4) is 0 Å². The Balaban J connectivity index is 1.12. The van der Waals surface area contributed by atoms with E-state index < -0.39 is 5.92 Å². The lowest BCUT2D eigenvalue weighted by molar-refractivity contribution is -0.126. The number of Topliss-reactive ketones (excluding diaryl/α,β-unsaturated/α-hetero) is 2. The summed E-state index contributed by atoms with van der Waals surface area (Å²) in [5, 5.41) is 4.09. The molecule has 1 N–H and O–H groups in total. The van der Waals surface area contributed by atoms with Crippen LogP contribution < -0.4 is 5.32 Å². The third-order valence-electron chi connectivity index (χ3n) is 7.34. The highest BCUT2D eigenvalue weighted by Crippen LogP contribution is 2.20. The van der Waals surface area contributed by atoms with Crippen molar-refractivity contribution in [2.75, 3.05) is 58.2 Å². The van der Waals surface area contributed by atoms with Gasteiger partial charge in [-0.1, -0.05) is 57.8 Å². The smallest absolute Gasteiger partial charge is 0.227 e. The van der Waals surface area contributed by atoms with E-state index in [4.69, 9.17) is 18.9 Å². The second kappa shape index (κ2) is 22.1. The molecule has 0 aliphatic rings. The van der Waals surface area contributed by atoms with Crippen LogP contribution in [0.15, 0.2) is 42.5 Å². The van der Waals surface area contributed by atoms with Crippen LogP contribution in [0.1, 0.15) is 66.8 Å². The van der Waals surface area contributed by atoms with Crippen LogP contribution in [0.2, 0.25) is 0 Å². The molecular formula is C35H45Br2N3O7. The van der Waals surface area contributed by atoms with E-state index in [9.17, 15) is 14.4 Å². The van der Waals surface area contributed by atoms with Crippen molar-refractivity contribution >= 4 is 66.1 Å². The molecule has 0 unspecified atom stereocenters. The minimum Gasteiger partial charge on any atom is -0.379 e. The number of anilines is 1. The SMILES string of the molecule is CCc1ccc(NC(=O)[C@H](C)CC(=O)CCOCCOCCOCCOCCCC(=O)c2ccc3nc(CBr)c(CBr)nc3c2)cc1. The van der Waals surface area contributed by atoms with Gasteiger partial charge in [-0.05, 0) is 48.7 Å². The summed E-state index contributed by atoms with van der Waals surface area (Å²) in [6, 6.07) is 13.2. The lowest BCUT2D eigenvalue weighted by atomic mass is 10.0. The molecule has 1 amide bonds. The van der Waals surface area contributed by atoms with Gasteiger partial charge in [0.1, 0.15) is 5.78 Å². The summed E-state index contributed by atoms with van der Waals surface area (Å²) in [5.41, 5.74) is 5.79. The number of hydrogen-bond donors (Lipinski definition) is 1. The fourth-order valence-electron chi connectivity index (χ4n) is 4.57. The van der Waals surface area contributed by atoms with Gasteiger partial charge in [0.2, 0.25) is 5.91 Å². The van der Waals surface area contributed by atoms with Gasteiger partial charge < -0.3 is 24.3 Å². The number of ketones is 2. The molecule has 2 aromatic carbocycles. The Bertz CT molecular complexity index is 1420. The van der Waals surface area contributed by atoms with Crippen molar-refractivity contribution in [2.45, 2.75) is 56.6 Å². The highest BCUT2D eigenvalue weighted by atomic mass is 79.9. The number of ether oxygens (including phenoxy) is 4. The second-order valence-corrected chi connectivity index (χ2v) is 12.1. The topological polar surface area (TPSA) is 126 Å². The summed E-state index contributed by atoms with van der Waals surface area (Å²) >= 11 is 6.89. The molecule has 1 heterocycles. The predicted octanol–water partition coefficient (Wildman–Crippen LogP) is 6.64. The summed E-state index contributed by atoms with van der Waals surface area (Å²) in [6.45, 7) is 7.11. The number of carbonyl (C=O) groups excluding carboxylic acids is 3. The fourth-order valence-corrected chi connectivity index (χ4v) is 5.47. The normalized spacial score (nSPS) is 11.9. The van der Waals surface area contributed by atoms with Gasteiger partial charge in [0, 0.05) is 53.7 Å². The summed E-state index contributed by atoms with van der Waals surface area (Å²) < 4.78 is 22.1. The Morgan fingerprint density at radius 2 is 1.32 bits per heavy atom. The van der Waals surface area contributed by atoms with Crippen molar-refractivity contribution < 1.29 is 33.3 Å². The van der Waals surface area contributed by atoms with Gasteiger partial charge in [-0.15, -0.1) is 0 Å². The number of nitrogens with zero attached hydrogens (tertiary/aromatic N) is 2. The van der Waals surface area contributed by atoms with E-state index in [0.717, 1.165) is 29.0 Å². The number of halogens is 2. The second-order valence-electron chi connectivity index (χ2n) is 11.0. The maximum Gasteiger partial charge on any atom is 0.227 e. The van der Waals surface area contributed by atoms with Crippen LogP contribution in [0.4, 0.5) is 5.69 Å². The van der Waals surface area contributed by atoms with E-state index in [-0.39, 0.29) is 30.3 Å². The van der Waals surface area contributed by atoms with E-state index in [2.05, 4.69) is 54.1 Å². The molecule has 0 spiro atoms. The van der Waals surface area contributed by atoms with Gasteiger partial charge in [-0.25, -0.2) is 9.97 Å². The van der Waals surface area contributed by atoms with E-state index in [0.29, 0.717) is 87.4 Å². The molecule has 0 bridgehead atoms. The first-order chi connectivity index (χ1) is 22.8. The number of rotatable bonds is 24. The summed E-state index contributed by atoms with van der Waals surface area (Å²) in [6.07, 6.45) is 2.38. The average Bonchev–Trinajstić information content (AvgIpc) is 3.09. The molecule has 0 saturated heterocycles. The van der Waals surface area contributed by atoms with Gasteiger partial charge >= 0.3 is 0 Å². The first-order valence-corrected chi connectivity index (χ1v) is 18.3. The van der Waals surface area contributed by atoms with Crippen LogP contribution in [0.3, 0.4) is 0 Å². The van der Waals surface area contributed by atoms with E-state index in [1.54, 1.807) is 19.1 Å². The fraction of sp³-hybridized carbons (Fsp3) is 0.514. The number of carbonyl (C=O) groups is 3. The highest BCUT2D eigenvalue weighted by molar-refractivity contribution is 9.09. The molecule has 0 aliphatic carbocycles. The number of aromatic nitrogens is 2. The zero-order chi connectivity index (χ0) is 33.9. The molecule has 1 atom stereocenters. The zero-order valence-corrected chi connectivity index (χ0v) is 30.4. The van der Waals surface area contributed by atoms with Crippen molar-refractivity contribution in [2.24, 2.45) is 5.92 Å². The minimum absolute atomic E-state index is 0.00876. The monoisotopic (exact) mass is 777 g/mol. The molecule has 0 fully saturated rings. The third-order valence-corrected chi connectivity index (χ3v) is 8.40.